The number of benzene rings is 1. The SMILES string of the molecule is CCOC(=O)c1sc2ncnc(NCc3ccc(-n4ccnc4C)c(F)c3)c2c1C. The van der Waals surface area contributed by atoms with E-state index in [1.807, 2.05) is 19.9 Å². The number of fused-ring (bicyclic) bond motifs is 1. The summed E-state index contributed by atoms with van der Waals surface area (Å²) in [5.74, 6) is 0.615. The minimum Gasteiger partial charge on any atom is -0.462 e. The van der Waals surface area contributed by atoms with Crippen molar-refractivity contribution in [2.75, 3.05) is 11.9 Å². The predicted octanol–water partition coefficient (Wildman–Crippen LogP) is 4.42. The maximum atomic E-state index is 14.6. The molecule has 4 rings (SSSR count). The normalized spacial score (nSPS) is 11.1. The summed E-state index contributed by atoms with van der Waals surface area (Å²) < 4.78 is 21.5. The fraction of sp³-hybridized carbons (Fsp3) is 0.238. The van der Waals surface area contributed by atoms with Gasteiger partial charge in [0.1, 0.15) is 33.5 Å². The number of ether oxygens (including phenoxy) is 1. The van der Waals surface area contributed by atoms with E-state index in [-0.39, 0.29) is 11.8 Å². The molecule has 7 nitrogen and oxygen atoms in total. The van der Waals surface area contributed by atoms with E-state index in [4.69, 9.17) is 4.74 Å². The number of thiophene rings is 1. The van der Waals surface area contributed by atoms with Crippen LogP contribution in [0.2, 0.25) is 0 Å². The minimum absolute atomic E-state index is 0.309. The minimum atomic E-state index is -0.364. The molecule has 3 aromatic heterocycles. The number of hydrogen-bond acceptors (Lipinski definition) is 7. The highest BCUT2D eigenvalue weighted by atomic mass is 32.1. The summed E-state index contributed by atoms with van der Waals surface area (Å²) in [7, 11) is 0. The van der Waals surface area contributed by atoms with Gasteiger partial charge in [-0.1, -0.05) is 6.07 Å². The average molecular weight is 425 g/mol. The second-order valence-corrected chi connectivity index (χ2v) is 7.66. The summed E-state index contributed by atoms with van der Waals surface area (Å²) >= 11 is 1.28. The van der Waals surface area contributed by atoms with E-state index < -0.39 is 0 Å². The van der Waals surface area contributed by atoms with E-state index >= 15 is 0 Å². The first kappa shape index (κ1) is 20.0. The lowest BCUT2D eigenvalue weighted by Gasteiger charge is -2.10. The molecule has 0 spiro atoms. The first-order valence-electron chi connectivity index (χ1n) is 9.43. The van der Waals surface area contributed by atoms with Crippen molar-refractivity contribution in [2.45, 2.75) is 27.3 Å². The van der Waals surface area contributed by atoms with Crippen molar-refractivity contribution < 1.29 is 13.9 Å². The molecule has 0 aliphatic heterocycles. The second-order valence-electron chi connectivity index (χ2n) is 6.66. The number of esters is 1. The number of nitrogens with zero attached hydrogens (tertiary/aromatic N) is 4. The zero-order chi connectivity index (χ0) is 21.3. The average Bonchev–Trinajstić information content (AvgIpc) is 3.30. The van der Waals surface area contributed by atoms with Gasteiger partial charge >= 0.3 is 5.97 Å². The largest absolute Gasteiger partial charge is 0.462 e. The third kappa shape index (κ3) is 3.63. The zero-order valence-electron chi connectivity index (χ0n) is 16.8. The topological polar surface area (TPSA) is 81.9 Å². The van der Waals surface area contributed by atoms with Crippen LogP contribution in [0.15, 0.2) is 36.9 Å². The summed E-state index contributed by atoms with van der Waals surface area (Å²) in [6.07, 6.45) is 4.81. The van der Waals surface area contributed by atoms with Crippen molar-refractivity contribution in [3.63, 3.8) is 0 Å². The van der Waals surface area contributed by atoms with Gasteiger partial charge in [0, 0.05) is 18.9 Å². The maximum absolute atomic E-state index is 14.6. The summed E-state index contributed by atoms with van der Waals surface area (Å²) in [4.78, 5) is 26.1. The van der Waals surface area contributed by atoms with Crippen LogP contribution in [0.4, 0.5) is 10.2 Å². The highest BCUT2D eigenvalue weighted by molar-refractivity contribution is 7.20. The van der Waals surface area contributed by atoms with Gasteiger partial charge < -0.3 is 14.6 Å². The maximum Gasteiger partial charge on any atom is 0.348 e. The number of imidazole rings is 1. The van der Waals surface area contributed by atoms with E-state index in [9.17, 15) is 9.18 Å². The van der Waals surface area contributed by atoms with Crippen molar-refractivity contribution in [1.29, 1.82) is 0 Å². The first-order valence-corrected chi connectivity index (χ1v) is 10.2. The Hall–Kier alpha value is -3.33. The smallest absolute Gasteiger partial charge is 0.348 e. The Kier molecular flexibility index (Phi) is 5.45. The monoisotopic (exact) mass is 425 g/mol. The summed E-state index contributed by atoms with van der Waals surface area (Å²) in [5.41, 5.74) is 1.99. The lowest BCUT2D eigenvalue weighted by Crippen LogP contribution is -2.05. The van der Waals surface area contributed by atoms with Gasteiger partial charge in [0.15, 0.2) is 0 Å². The molecule has 0 atom stereocenters. The second kappa shape index (κ2) is 8.19. The zero-order valence-corrected chi connectivity index (χ0v) is 17.6. The van der Waals surface area contributed by atoms with Crippen molar-refractivity contribution in [1.82, 2.24) is 19.5 Å². The van der Waals surface area contributed by atoms with Crippen molar-refractivity contribution >= 4 is 33.3 Å². The number of halogens is 1. The molecular weight excluding hydrogens is 405 g/mol. The van der Waals surface area contributed by atoms with Crippen LogP contribution in [0.25, 0.3) is 15.9 Å². The summed E-state index contributed by atoms with van der Waals surface area (Å²) in [5, 5.41) is 4.01. The molecule has 30 heavy (non-hydrogen) atoms. The number of carbonyl (C=O) groups is 1. The van der Waals surface area contributed by atoms with E-state index in [1.54, 1.807) is 30.0 Å². The van der Waals surface area contributed by atoms with Crippen LogP contribution in [-0.2, 0) is 11.3 Å². The lowest BCUT2D eigenvalue weighted by atomic mass is 10.1. The molecule has 154 valence electrons. The van der Waals surface area contributed by atoms with Crippen molar-refractivity contribution in [2.24, 2.45) is 0 Å². The molecule has 0 unspecified atom stereocenters. The van der Waals surface area contributed by atoms with Crippen LogP contribution >= 0.6 is 11.3 Å². The molecule has 0 fully saturated rings. The molecule has 3 heterocycles. The van der Waals surface area contributed by atoms with Crippen LogP contribution in [0.3, 0.4) is 0 Å². The Bertz CT molecular complexity index is 1230. The number of nitrogens with one attached hydrogen (secondary N) is 1. The van der Waals surface area contributed by atoms with Gasteiger partial charge in [0.2, 0.25) is 0 Å². The molecule has 4 aromatic rings. The molecule has 0 amide bonds. The first-order chi connectivity index (χ1) is 14.5. The van der Waals surface area contributed by atoms with Gasteiger partial charge in [-0.2, -0.15) is 0 Å². The highest BCUT2D eigenvalue weighted by Gasteiger charge is 2.20. The summed E-state index contributed by atoms with van der Waals surface area (Å²) in [6.45, 7) is 6.12. The number of hydrogen-bond donors (Lipinski definition) is 1. The molecule has 0 saturated carbocycles. The van der Waals surface area contributed by atoms with Crippen molar-refractivity contribution in [3.05, 3.63) is 64.6 Å². The number of rotatable bonds is 6. The van der Waals surface area contributed by atoms with Gasteiger partial charge in [0.05, 0.1) is 17.7 Å². The van der Waals surface area contributed by atoms with Gasteiger partial charge in [0.25, 0.3) is 0 Å². The molecular formula is C21H20FN5O2S. The van der Waals surface area contributed by atoms with E-state index in [2.05, 4.69) is 20.3 Å². The van der Waals surface area contributed by atoms with Crippen LogP contribution in [0.1, 0.15) is 33.5 Å². The number of carbonyl (C=O) groups excluding carboxylic acids is 1. The van der Waals surface area contributed by atoms with E-state index in [0.29, 0.717) is 40.2 Å². The Balaban J connectivity index is 1.59. The summed E-state index contributed by atoms with van der Waals surface area (Å²) in [6, 6.07) is 5.07. The fourth-order valence-corrected chi connectivity index (χ4v) is 4.31. The van der Waals surface area contributed by atoms with Crippen LogP contribution in [-0.4, -0.2) is 32.1 Å². The van der Waals surface area contributed by atoms with Gasteiger partial charge in [-0.05, 0) is 44.0 Å². The van der Waals surface area contributed by atoms with Crippen LogP contribution < -0.4 is 5.32 Å². The Morgan fingerprint density at radius 1 is 1.27 bits per heavy atom. The third-order valence-corrected chi connectivity index (χ3v) is 5.92. The Morgan fingerprint density at radius 3 is 2.80 bits per heavy atom. The van der Waals surface area contributed by atoms with Gasteiger partial charge in [-0.15, -0.1) is 11.3 Å². The van der Waals surface area contributed by atoms with E-state index in [1.165, 1.54) is 23.7 Å². The number of anilines is 1. The molecule has 0 bridgehead atoms. The standard InChI is InChI=1S/C21H20FN5O2S/c1-4-29-21(28)18-12(2)17-19(25-11-26-20(17)30-18)24-10-14-5-6-16(15(22)9-14)27-8-7-23-13(27)3/h5-9,11H,4,10H2,1-3H3,(H,24,25,26). The van der Waals surface area contributed by atoms with Gasteiger partial charge in [-0.25, -0.2) is 24.1 Å². The third-order valence-electron chi connectivity index (χ3n) is 4.74. The van der Waals surface area contributed by atoms with Crippen molar-refractivity contribution in [3.8, 4) is 5.69 Å². The lowest BCUT2D eigenvalue weighted by molar-refractivity contribution is 0.0531. The molecule has 1 N–H and O–H groups in total. The highest BCUT2D eigenvalue weighted by Crippen LogP contribution is 2.34. The predicted molar refractivity (Wildman–Crippen MR) is 114 cm³/mol. The fourth-order valence-electron chi connectivity index (χ4n) is 3.27. The molecule has 0 aliphatic carbocycles. The van der Waals surface area contributed by atoms with Crippen LogP contribution in [0, 0.1) is 19.7 Å². The van der Waals surface area contributed by atoms with Gasteiger partial charge in [-0.3, -0.25) is 0 Å². The molecule has 0 aliphatic rings. The molecule has 1 aromatic carbocycles. The Labute approximate surface area is 176 Å². The molecule has 0 saturated heterocycles. The van der Waals surface area contributed by atoms with E-state index in [0.717, 1.165) is 16.5 Å². The quantitative estimate of drug-likeness (QED) is 0.461. The number of aromatic nitrogens is 4. The molecule has 9 heteroatoms. The Morgan fingerprint density at radius 2 is 2.10 bits per heavy atom. The van der Waals surface area contributed by atoms with Crippen LogP contribution in [0.5, 0.6) is 0 Å². The molecule has 0 radical (unpaired) electrons. The number of aryl methyl sites for hydroxylation is 2.